The molecule has 1 unspecified atom stereocenters. The standard InChI is InChI=1S/C27H34N2O6/c1-3-34-26(31)19-24(21-8-7-11-23(18-21)33-2)28-27(32)20-12-15-29(16-13-20)25(30)14-17-35-22-9-5-4-6-10-22/h4-11,18,20,24H,3,12-17,19H2,1-2H3,(H,28,32). The van der Waals surface area contributed by atoms with Gasteiger partial charge in [0.15, 0.2) is 0 Å². The highest BCUT2D eigenvalue weighted by atomic mass is 16.5. The Morgan fingerprint density at radius 2 is 1.74 bits per heavy atom. The van der Waals surface area contributed by atoms with E-state index in [9.17, 15) is 14.4 Å². The van der Waals surface area contributed by atoms with Gasteiger partial charge in [-0.1, -0.05) is 30.3 Å². The van der Waals surface area contributed by atoms with Crippen molar-refractivity contribution in [1.29, 1.82) is 0 Å². The lowest BCUT2D eigenvalue weighted by Gasteiger charge is -2.32. The Morgan fingerprint density at radius 3 is 2.43 bits per heavy atom. The molecule has 2 amide bonds. The van der Waals surface area contributed by atoms with Gasteiger partial charge < -0.3 is 24.4 Å². The molecule has 0 spiro atoms. The van der Waals surface area contributed by atoms with E-state index >= 15 is 0 Å². The fourth-order valence-corrected chi connectivity index (χ4v) is 4.11. The lowest BCUT2D eigenvalue weighted by Crippen LogP contribution is -2.44. The topological polar surface area (TPSA) is 94.2 Å². The maximum atomic E-state index is 13.1. The van der Waals surface area contributed by atoms with Crippen LogP contribution in [-0.2, 0) is 19.1 Å². The van der Waals surface area contributed by atoms with Crippen molar-refractivity contribution in [2.75, 3.05) is 33.4 Å². The van der Waals surface area contributed by atoms with Crippen LogP contribution in [0.4, 0.5) is 0 Å². The number of amides is 2. The normalized spacial score (nSPS) is 14.6. The van der Waals surface area contributed by atoms with Crippen LogP contribution < -0.4 is 14.8 Å². The molecule has 1 fully saturated rings. The molecule has 1 saturated heterocycles. The summed E-state index contributed by atoms with van der Waals surface area (Å²) in [6, 6.07) is 16.2. The molecule has 0 aromatic heterocycles. The van der Waals surface area contributed by atoms with E-state index in [4.69, 9.17) is 14.2 Å². The molecule has 3 rings (SSSR count). The fourth-order valence-electron chi connectivity index (χ4n) is 4.11. The zero-order chi connectivity index (χ0) is 25.0. The Balaban J connectivity index is 1.51. The van der Waals surface area contributed by atoms with Gasteiger partial charge >= 0.3 is 5.97 Å². The van der Waals surface area contributed by atoms with Gasteiger partial charge in [-0.25, -0.2) is 0 Å². The van der Waals surface area contributed by atoms with Crippen molar-refractivity contribution in [2.45, 2.75) is 38.6 Å². The summed E-state index contributed by atoms with van der Waals surface area (Å²) in [6.45, 7) is 3.38. The van der Waals surface area contributed by atoms with Gasteiger partial charge in [0.2, 0.25) is 11.8 Å². The van der Waals surface area contributed by atoms with Gasteiger partial charge in [-0.15, -0.1) is 0 Å². The molecule has 2 aromatic carbocycles. The van der Waals surface area contributed by atoms with Crippen LogP contribution in [0.3, 0.4) is 0 Å². The zero-order valence-corrected chi connectivity index (χ0v) is 20.4. The minimum Gasteiger partial charge on any atom is -0.497 e. The highest BCUT2D eigenvalue weighted by Crippen LogP contribution is 2.25. The number of rotatable bonds is 11. The number of nitrogens with one attached hydrogen (secondary N) is 1. The van der Waals surface area contributed by atoms with E-state index in [0.29, 0.717) is 44.7 Å². The molecular formula is C27H34N2O6. The quantitative estimate of drug-likeness (QED) is 0.493. The van der Waals surface area contributed by atoms with Crippen LogP contribution in [-0.4, -0.2) is 56.1 Å². The third-order valence-corrected chi connectivity index (χ3v) is 6.04. The fraction of sp³-hybridized carbons (Fsp3) is 0.444. The van der Waals surface area contributed by atoms with Crippen molar-refractivity contribution >= 4 is 17.8 Å². The SMILES string of the molecule is CCOC(=O)CC(NC(=O)C1CCN(C(=O)CCOc2ccccc2)CC1)c1cccc(OC)c1. The number of hydrogen-bond donors (Lipinski definition) is 1. The highest BCUT2D eigenvalue weighted by Gasteiger charge is 2.29. The van der Waals surface area contributed by atoms with Crippen molar-refractivity contribution < 1.29 is 28.6 Å². The number of hydrogen-bond acceptors (Lipinski definition) is 6. The maximum Gasteiger partial charge on any atom is 0.308 e. The molecule has 1 aliphatic heterocycles. The largest absolute Gasteiger partial charge is 0.497 e. The number of methoxy groups -OCH3 is 1. The minimum atomic E-state index is -0.522. The molecule has 0 aliphatic carbocycles. The molecule has 1 heterocycles. The van der Waals surface area contributed by atoms with Gasteiger partial charge in [-0.05, 0) is 49.6 Å². The van der Waals surface area contributed by atoms with Crippen LogP contribution >= 0.6 is 0 Å². The van der Waals surface area contributed by atoms with Crippen LogP contribution in [0, 0.1) is 5.92 Å². The Hall–Kier alpha value is -3.55. The van der Waals surface area contributed by atoms with Crippen molar-refractivity contribution in [1.82, 2.24) is 10.2 Å². The highest BCUT2D eigenvalue weighted by molar-refractivity contribution is 5.81. The van der Waals surface area contributed by atoms with Crippen molar-refractivity contribution in [3.05, 3.63) is 60.2 Å². The second kappa shape index (κ2) is 13.4. The van der Waals surface area contributed by atoms with Crippen LogP contribution in [0.15, 0.2) is 54.6 Å². The summed E-state index contributed by atoms with van der Waals surface area (Å²) in [4.78, 5) is 39.6. The average molecular weight is 483 g/mol. The summed E-state index contributed by atoms with van der Waals surface area (Å²) in [5, 5.41) is 3.02. The van der Waals surface area contributed by atoms with Gasteiger partial charge in [0.1, 0.15) is 11.5 Å². The van der Waals surface area contributed by atoms with Crippen LogP contribution in [0.1, 0.15) is 44.2 Å². The smallest absolute Gasteiger partial charge is 0.308 e. The average Bonchev–Trinajstić information content (AvgIpc) is 2.89. The number of carbonyl (C=O) groups excluding carboxylic acids is 3. The Kier molecular flexibility index (Phi) is 9.95. The first kappa shape index (κ1) is 26.1. The number of benzene rings is 2. The molecule has 2 aromatic rings. The molecule has 0 bridgehead atoms. The second-order valence-corrected chi connectivity index (χ2v) is 8.41. The number of nitrogens with zero attached hydrogens (tertiary/aromatic N) is 1. The van der Waals surface area contributed by atoms with E-state index in [-0.39, 0.29) is 36.7 Å². The Bertz CT molecular complexity index is 973. The third-order valence-electron chi connectivity index (χ3n) is 6.04. The first-order valence-electron chi connectivity index (χ1n) is 12.1. The van der Waals surface area contributed by atoms with Crippen molar-refractivity contribution in [3.63, 3.8) is 0 Å². The number of esters is 1. The summed E-state index contributed by atoms with van der Waals surface area (Å²) >= 11 is 0. The van der Waals surface area contributed by atoms with E-state index in [1.165, 1.54) is 0 Å². The lowest BCUT2D eigenvalue weighted by atomic mass is 9.94. The number of likely N-dealkylation sites (tertiary alicyclic amines) is 1. The zero-order valence-electron chi connectivity index (χ0n) is 20.4. The first-order chi connectivity index (χ1) is 17.0. The van der Waals surface area contributed by atoms with E-state index in [1.54, 1.807) is 18.9 Å². The van der Waals surface area contributed by atoms with Crippen LogP contribution in [0.5, 0.6) is 11.5 Å². The lowest BCUT2D eigenvalue weighted by molar-refractivity contribution is -0.144. The molecule has 188 valence electrons. The van der Waals surface area contributed by atoms with E-state index in [2.05, 4.69) is 5.32 Å². The summed E-state index contributed by atoms with van der Waals surface area (Å²) in [5.41, 5.74) is 0.775. The molecule has 35 heavy (non-hydrogen) atoms. The van der Waals surface area contributed by atoms with Gasteiger partial charge in [-0.3, -0.25) is 14.4 Å². The summed E-state index contributed by atoms with van der Waals surface area (Å²) in [5.74, 6) is 0.685. The molecule has 1 N–H and O–H groups in total. The van der Waals surface area contributed by atoms with Gasteiger partial charge in [0.05, 0.1) is 39.2 Å². The number of carbonyl (C=O) groups is 3. The Labute approximate surface area is 206 Å². The number of para-hydroxylation sites is 1. The molecule has 8 heteroatoms. The summed E-state index contributed by atoms with van der Waals surface area (Å²) in [6.07, 6.45) is 1.47. The summed E-state index contributed by atoms with van der Waals surface area (Å²) < 4.78 is 16.0. The third kappa shape index (κ3) is 8.02. The molecule has 8 nitrogen and oxygen atoms in total. The van der Waals surface area contributed by atoms with E-state index in [1.807, 2.05) is 54.6 Å². The molecule has 1 aliphatic rings. The number of piperidine rings is 1. The van der Waals surface area contributed by atoms with Crippen LogP contribution in [0.25, 0.3) is 0 Å². The minimum absolute atomic E-state index is 0.0244. The van der Waals surface area contributed by atoms with Gasteiger partial charge in [0.25, 0.3) is 0 Å². The van der Waals surface area contributed by atoms with Crippen molar-refractivity contribution in [2.24, 2.45) is 5.92 Å². The van der Waals surface area contributed by atoms with Gasteiger partial charge in [-0.2, -0.15) is 0 Å². The second-order valence-electron chi connectivity index (χ2n) is 8.41. The predicted octanol–water partition coefficient (Wildman–Crippen LogP) is 3.51. The molecule has 1 atom stereocenters. The maximum absolute atomic E-state index is 13.1. The van der Waals surface area contributed by atoms with E-state index in [0.717, 1.165) is 11.3 Å². The molecule has 0 radical (unpaired) electrons. The predicted molar refractivity (Wildman–Crippen MR) is 131 cm³/mol. The van der Waals surface area contributed by atoms with Crippen molar-refractivity contribution in [3.8, 4) is 11.5 Å². The van der Waals surface area contributed by atoms with E-state index < -0.39 is 6.04 Å². The number of ether oxygens (including phenoxy) is 3. The van der Waals surface area contributed by atoms with Gasteiger partial charge in [0, 0.05) is 19.0 Å². The first-order valence-corrected chi connectivity index (χ1v) is 12.1. The van der Waals surface area contributed by atoms with Crippen LogP contribution in [0.2, 0.25) is 0 Å². The monoisotopic (exact) mass is 482 g/mol. The molecular weight excluding hydrogens is 448 g/mol. The summed E-state index contributed by atoms with van der Waals surface area (Å²) in [7, 11) is 1.57. The Morgan fingerprint density at radius 1 is 1.03 bits per heavy atom. The molecule has 0 saturated carbocycles.